The van der Waals surface area contributed by atoms with Gasteiger partial charge in [-0.1, -0.05) is 54.6 Å². The average molecular weight is 372 g/mol. The molecule has 0 aliphatic carbocycles. The minimum atomic E-state index is -0.406. The molecule has 0 aromatic heterocycles. The van der Waals surface area contributed by atoms with Gasteiger partial charge in [0.25, 0.3) is 0 Å². The highest BCUT2D eigenvalue weighted by molar-refractivity contribution is 6.14. The highest BCUT2D eigenvalue weighted by Crippen LogP contribution is 2.35. The number of hydrogen-bond acceptors (Lipinski definition) is 3. The second kappa shape index (κ2) is 7.92. The van der Waals surface area contributed by atoms with Gasteiger partial charge in [-0.2, -0.15) is 0 Å². The molecule has 0 saturated carbocycles. The summed E-state index contributed by atoms with van der Waals surface area (Å²) in [5.74, 6) is 0.431. The fourth-order valence-corrected chi connectivity index (χ4v) is 2.88. The SMILES string of the molecule is O=C1/C(=C/c2ccccc2F)Oc2cc(OC/C=C/c3ccccc3)ccc21. The summed E-state index contributed by atoms with van der Waals surface area (Å²) in [6.07, 6.45) is 5.31. The largest absolute Gasteiger partial charge is 0.489 e. The zero-order valence-corrected chi connectivity index (χ0v) is 15.0. The van der Waals surface area contributed by atoms with Crippen molar-refractivity contribution in [2.75, 3.05) is 6.61 Å². The quantitative estimate of drug-likeness (QED) is 0.552. The second-order valence-corrected chi connectivity index (χ2v) is 6.24. The van der Waals surface area contributed by atoms with E-state index in [1.54, 1.807) is 36.4 Å². The third-order valence-electron chi connectivity index (χ3n) is 4.29. The number of fused-ring (bicyclic) bond motifs is 1. The molecule has 4 heteroatoms. The molecule has 1 heterocycles. The molecule has 1 aliphatic rings. The van der Waals surface area contributed by atoms with E-state index in [4.69, 9.17) is 9.47 Å². The van der Waals surface area contributed by atoms with Crippen molar-refractivity contribution in [3.05, 3.63) is 107 Å². The van der Waals surface area contributed by atoms with Gasteiger partial charge in [0.15, 0.2) is 5.76 Å². The Hall–Kier alpha value is -3.66. The Morgan fingerprint density at radius 1 is 0.964 bits per heavy atom. The molecule has 0 spiro atoms. The summed E-state index contributed by atoms with van der Waals surface area (Å²) >= 11 is 0. The Morgan fingerprint density at radius 2 is 1.75 bits per heavy atom. The predicted octanol–water partition coefficient (Wildman–Crippen LogP) is 5.53. The molecule has 3 aromatic rings. The van der Waals surface area contributed by atoms with Crippen LogP contribution in [0.5, 0.6) is 11.5 Å². The Morgan fingerprint density at radius 3 is 2.57 bits per heavy atom. The molecule has 0 radical (unpaired) electrons. The van der Waals surface area contributed by atoms with Crippen molar-refractivity contribution in [2.24, 2.45) is 0 Å². The minimum absolute atomic E-state index is 0.0984. The first-order valence-electron chi connectivity index (χ1n) is 8.88. The molecule has 28 heavy (non-hydrogen) atoms. The van der Waals surface area contributed by atoms with E-state index in [9.17, 15) is 9.18 Å². The molecule has 0 saturated heterocycles. The van der Waals surface area contributed by atoms with Crippen molar-refractivity contribution >= 4 is 17.9 Å². The number of halogens is 1. The van der Waals surface area contributed by atoms with E-state index < -0.39 is 5.82 Å². The molecule has 1 aliphatic heterocycles. The molecule has 0 bridgehead atoms. The minimum Gasteiger partial charge on any atom is -0.489 e. The zero-order valence-electron chi connectivity index (χ0n) is 15.0. The third kappa shape index (κ3) is 3.86. The van der Waals surface area contributed by atoms with Gasteiger partial charge in [-0.05, 0) is 35.9 Å². The fourth-order valence-electron chi connectivity index (χ4n) is 2.88. The molecule has 138 valence electrons. The van der Waals surface area contributed by atoms with Crippen LogP contribution < -0.4 is 9.47 Å². The lowest BCUT2D eigenvalue weighted by Crippen LogP contribution is -1.98. The summed E-state index contributed by atoms with van der Waals surface area (Å²) in [6.45, 7) is 0.388. The molecule has 0 N–H and O–H groups in total. The van der Waals surface area contributed by atoms with Gasteiger partial charge < -0.3 is 9.47 Å². The van der Waals surface area contributed by atoms with Crippen LogP contribution in [0.25, 0.3) is 12.2 Å². The summed E-state index contributed by atoms with van der Waals surface area (Å²) in [6, 6.07) is 21.2. The number of hydrogen-bond donors (Lipinski definition) is 0. The average Bonchev–Trinajstić information content (AvgIpc) is 3.03. The summed E-state index contributed by atoms with van der Waals surface area (Å²) in [4.78, 5) is 12.5. The Balaban J connectivity index is 1.45. The predicted molar refractivity (Wildman–Crippen MR) is 107 cm³/mol. The Bertz CT molecular complexity index is 1070. The van der Waals surface area contributed by atoms with Crippen molar-refractivity contribution in [2.45, 2.75) is 0 Å². The molecule has 3 nitrogen and oxygen atoms in total. The molecule has 0 atom stereocenters. The molecule has 0 fully saturated rings. The Labute approximate surface area is 162 Å². The molecule has 4 rings (SSSR count). The van der Waals surface area contributed by atoms with Crippen LogP contribution in [0.15, 0.2) is 84.6 Å². The van der Waals surface area contributed by atoms with E-state index in [1.165, 1.54) is 12.1 Å². The van der Waals surface area contributed by atoms with E-state index in [2.05, 4.69) is 0 Å². The lowest BCUT2D eigenvalue weighted by Gasteiger charge is -2.04. The first-order valence-corrected chi connectivity index (χ1v) is 8.88. The van der Waals surface area contributed by atoms with Crippen LogP contribution in [0.3, 0.4) is 0 Å². The maximum absolute atomic E-state index is 13.8. The van der Waals surface area contributed by atoms with Gasteiger partial charge in [-0.25, -0.2) is 4.39 Å². The number of carbonyl (C=O) groups excluding carboxylic acids is 1. The van der Waals surface area contributed by atoms with Crippen LogP contribution in [0.1, 0.15) is 21.5 Å². The summed E-state index contributed by atoms with van der Waals surface area (Å²) in [5.41, 5.74) is 1.84. The maximum Gasteiger partial charge on any atom is 0.231 e. The number of Topliss-reactive ketones (excluding diaryl/α,β-unsaturated/α-hetero) is 1. The van der Waals surface area contributed by atoms with E-state index in [1.807, 2.05) is 42.5 Å². The van der Waals surface area contributed by atoms with Gasteiger partial charge in [0.2, 0.25) is 5.78 Å². The number of ketones is 1. The first kappa shape index (κ1) is 17.7. The topological polar surface area (TPSA) is 35.5 Å². The van der Waals surface area contributed by atoms with E-state index in [0.29, 0.717) is 29.2 Å². The van der Waals surface area contributed by atoms with Crippen LogP contribution in [-0.4, -0.2) is 12.4 Å². The van der Waals surface area contributed by atoms with Crippen molar-refractivity contribution in [3.8, 4) is 11.5 Å². The van der Waals surface area contributed by atoms with Crippen LogP contribution in [-0.2, 0) is 0 Å². The van der Waals surface area contributed by atoms with Crippen LogP contribution in [0.2, 0.25) is 0 Å². The highest BCUT2D eigenvalue weighted by Gasteiger charge is 2.28. The number of ether oxygens (including phenoxy) is 2. The summed E-state index contributed by atoms with van der Waals surface area (Å²) in [5, 5.41) is 0. The van der Waals surface area contributed by atoms with Crippen LogP contribution >= 0.6 is 0 Å². The van der Waals surface area contributed by atoms with E-state index >= 15 is 0 Å². The standard InChI is InChI=1S/C24H17FO3/c25-21-11-5-4-10-18(21)15-23-24(26)20-13-12-19(16-22(20)28-23)27-14-6-9-17-7-2-1-3-8-17/h1-13,15-16H,14H2/b9-6+,23-15-. The summed E-state index contributed by atoms with van der Waals surface area (Å²) < 4.78 is 25.2. The molecular weight excluding hydrogens is 355 g/mol. The van der Waals surface area contributed by atoms with Crippen LogP contribution in [0.4, 0.5) is 4.39 Å². The van der Waals surface area contributed by atoms with Crippen molar-refractivity contribution in [1.82, 2.24) is 0 Å². The number of carbonyl (C=O) groups is 1. The van der Waals surface area contributed by atoms with E-state index in [0.717, 1.165) is 5.56 Å². The first-order chi connectivity index (χ1) is 13.7. The lowest BCUT2D eigenvalue weighted by molar-refractivity contribution is 0.101. The number of benzene rings is 3. The third-order valence-corrected chi connectivity index (χ3v) is 4.29. The van der Waals surface area contributed by atoms with Gasteiger partial charge in [-0.15, -0.1) is 0 Å². The summed E-state index contributed by atoms with van der Waals surface area (Å²) in [7, 11) is 0. The molecule has 3 aromatic carbocycles. The van der Waals surface area contributed by atoms with Gasteiger partial charge in [0.05, 0.1) is 5.56 Å². The molecule has 0 amide bonds. The molecule has 0 unspecified atom stereocenters. The highest BCUT2D eigenvalue weighted by atomic mass is 19.1. The van der Waals surface area contributed by atoms with E-state index in [-0.39, 0.29) is 11.5 Å². The van der Waals surface area contributed by atoms with Crippen molar-refractivity contribution in [1.29, 1.82) is 0 Å². The van der Waals surface area contributed by atoms with Gasteiger partial charge >= 0.3 is 0 Å². The Kier molecular flexibility index (Phi) is 5.02. The number of allylic oxidation sites excluding steroid dienone is 1. The van der Waals surface area contributed by atoms with Crippen LogP contribution in [0, 0.1) is 5.82 Å². The number of rotatable bonds is 5. The fraction of sp³-hybridized carbons (Fsp3) is 0.0417. The van der Waals surface area contributed by atoms with Gasteiger partial charge in [0, 0.05) is 11.6 Å². The smallest absolute Gasteiger partial charge is 0.231 e. The van der Waals surface area contributed by atoms with Gasteiger partial charge in [0.1, 0.15) is 23.9 Å². The van der Waals surface area contributed by atoms with Crippen molar-refractivity contribution in [3.63, 3.8) is 0 Å². The van der Waals surface area contributed by atoms with Crippen molar-refractivity contribution < 1.29 is 18.7 Å². The maximum atomic E-state index is 13.8. The molecular formula is C24H17FO3. The zero-order chi connectivity index (χ0) is 19.3. The monoisotopic (exact) mass is 372 g/mol. The normalized spacial score (nSPS) is 14.3. The van der Waals surface area contributed by atoms with Gasteiger partial charge in [-0.3, -0.25) is 4.79 Å². The lowest BCUT2D eigenvalue weighted by atomic mass is 10.1. The second-order valence-electron chi connectivity index (χ2n) is 6.24.